The molecular weight excluding hydrogens is 284 g/mol. The van der Waals surface area contributed by atoms with E-state index in [0.717, 1.165) is 45.3 Å². The van der Waals surface area contributed by atoms with Crippen LogP contribution in [0.4, 0.5) is 0 Å². The number of aliphatic hydroxyl groups excluding tert-OH is 1. The number of carbonyl (C=O) groups excluding carboxylic acids is 1. The van der Waals surface area contributed by atoms with Crippen LogP contribution in [0.25, 0.3) is 0 Å². The summed E-state index contributed by atoms with van der Waals surface area (Å²) in [6, 6.07) is 0. The molecule has 1 unspecified atom stereocenters. The van der Waals surface area contributed by atoms with Gasteiger partial charge in [-0.3, -0.25) is 0 Å². The van der Waals surface area contributed by atoms with Gasteiger partial charge < -0.3 is 19.3 Å². The van der Waals surface area contributed by atoms with E-state index >= 15 is 0 Å². The van der Waals surface area contributed by atoms with Gasteiger partial charge in [-0.1, -0.05) is 18.9 Å². The predicted molar refractivity (Wildman–Crippen MR) is 86.8 cm³/mol. The van der Waals surface area contributed by atoms with Gasteiger partial charge in [-0.15, -0.1) is 0 Å². The molecule has 0 aromatic rings. The maximum absolute atomic E-state index is 11.5. The summed E-state index contributed by atoms with van der Waals surface area (Å²) >= 11 is 0. The van der Waals surface area contributed by atoms with Gasteiger partial charge in [0.05, 0.1) is 6.61 Å². The van der Waals surface area contributed by atoms with Crippen molar-refractivity contribution in [2.24, 2.45) is 0 Å². The molecule has 5 heteroatoms. The van der Waals surface area contributed by atoms with Crippen molar-refractivity contribution in [2.45, 2.75) is 59.0 Å². The van der Waals surface area contributed by atoms with E-state index in [4.69, 9.17) is 19.3 Å². The lowest BCUT2D eigenvalue weighted by atomic mass is 10.1. The highest BCUT2D eigenvalue weighted by molar-refractivity contribution is 5.87. The Balaban J connectivity index is 0.000000763. The molecular formula is C17H32O5. The number of esters is 1. The molecule has 130 valence electrons. The Morgan fingerprint density at radius 2 is 1.86 bits per heavy atom. The molecule has 0 aromatic carbocycles. The number of unbranched alkanes of at least 4 members (excludes halogenated alkanes) is 4. The van der Waals surface area contributed by atoms with Gasteiger partial charge in [0.25, 0.3) is 0 Å². The quantitative estimate of drug-likeness (QED) is 0.275. The summed E-state index contributed by atoms with van der Waals surface area (Å²) in [7, 11) is 0. The number of hydrogen-bond acceptors (Lipinski definition) is 5. The van der Waals surface area contributed by atoms with Gasteiger partial charge >= 0.3 is 5.97 Å². The molecule has 1 aliphatic heterocycles. The first-order valence-electron chi connectivity index (χ1n) is 8.29. The average molecular weight is 316 g/mol. The van der Waals surface area contributed by atoms with E-state index in [0.29, 0.717) is 18.8 Å². The minimum atomic E-state index is -0.240. The van der Waals surface area contributed by atoms with E-state index < -0.39 is 0 Å². The fourth-order valence-corrected chi connectivity index (χ4v) is 1.66. The zero-order valence-electron chi connectivity index (χ0n) is 14.3. The molecule has 1 heterocycles. The molecule has 0 amide bonds. The Kier molecular flexibility index (Phi) is 14.4. The summed E-state index contributed by atoms with van der Waals surface area (Å²) < 4.78 is 14.8. The highest BCUT2D eigenvalue weighted by Crippen LogP contribution is 2.11. The second-order valence-corrected chi connectivity index (χ2v) is 5.15. The number of carbonyl (C=O) groups is 1. The van der Waals surface area contributed by atoms with Crippen LogP contribution in [0.1, 0.15) is 52.9 Å². The van der Waals surface area contributed by atoms with E-state index in [9.17, 15) is 4.79 Å². The van der Waals surface area contributed by atoms with Gasteiger partial charge in [-0.05, 0) is 40.0 Å². The molecule has 0 spiro atoms. The normalized spacial score (nSPS) is 16.7. The largest absolute Gasteiger partial charge is 0.459 e. The molecule has 0 saturated carbocycles. The van der Waals surface area contributed by atoms with Crippen LogP contribution in [0.15, 0.2) is 11.6 Å². The fourth-order valence-electron chi connectivity index (χ4n) is 1.66. The highest BCUT2D eigenvalue weighted by Gasteiger charge is 2.24. The molecule has 1 saturated heterocycles. The molecule has 22 heavy (non-hydrogen) atoms. The molecule has 1 N–H and O–H groups in total. The Morgan fingerprint density at radius 1 is 1.23 bits per heavy atom. The van der Waals surface area contributed by atoms with Crippen molar-refractivity contribution in [3.8, 4) is 0 Å². The summed E-state index contributed by atoms with van der Waals surface area (Å²) in [6.07, 6.45) is 7.01. The first kappa shape index (κ1) is 21.1. The van der Waals surface area contributed by atoms with E-state index in [1.165, 1.54) is 0 Å². The Labute approximate surface area is 134 Å². The van der Waals surface area contributed by atoms with E-state index in [-0.39, 0.29) is 18.7 Å². The van der Waals surface area contributed by atoms with Crippen molar-refractivity contribution in [3.05, 3.63) is 11.6 Å². The van der Waals surface area contributed by atoms with Crippen LogP contribution >= 0.6 is 0 Å². The number of allylic oxidation sites excluding steroid dienone is 1. The second kappa shape index (κ2) is 15.0. The lowest BCUT2D eigenvalue weighted by Crippen LogP contribution is -2.10. The van der Waals surface area contributed by atoms with E-state index in [1.807, 2.05) is 19.9 Å². The van der Waals surface area contributed by atoms with Crippen LogP contribution in [-0.2, 0) is 19.0 Å². The summed E-state index contributed by atoms with van der Waals surface area (Å²) in [6.45, 7) is 8.80. The molecule has 0 aromatic heterocycles. The van der Waals surface area contributed by atoms with Crippen molar-refractivity contribution < 1.29 is 24.1 Å². The molecule has 1 atom stereocenters. The third-order valence-corrected chi connectivity index (χ3v) is 3.10. The Hall–Kier alpha value is -0.910. The summed E-state index contributed by atoms with van der Waals surface area (Å²) in [5.74, 6) is -0.240. The van der Waals surface area contributed by atoms with Gasteiger partial charge in [0, 0.05) is 25.4 Å². The van der Waals surface area contributed by atoms with Crippen molar-refractivity contribution in [1.29, 1.82) is 0 Å². The molecule has 0 bridgehead atoms. The summed E-state index contributed by atoms with van der Waals surface area (Å²) in [5, 5.41) is 8.61. The monoisotopic (exact) mass is 316 g/mol. The smallest absolute Gasteiger partial charge is 0.333 e. The van der Waals surface area contributed by atoms with Gasteiger partial charge in [0.15, 0.2) is 0 Å². The molecule has 1 rings (SSSR count). The van der Waals surface area contributed by atoms with Crippen LogP contribution < -0.4 is 0 Å². The summed E-state index contributed by atoms with van der Waals surface area (Å²) in [5.41, 5.74) is 0.674. The van der Waals surface area contributed by atoms with Crippen LogP contribution in [-0.4, -0.2) is 50.2 Å². The van der Waals surface area contributed by atoms with Crippen LogP contribution in [0.2, 0.25) is 0 Å². The molecule has 5 nitrogen and oxygen atoms in total. The number of aliphatic hydroxyl groups is 1. The minimum absolute atomic E-state index is 0.130. The van der Waals surface area contributed by atoms with E-state index in [2.05, 4.69) is 0 Å². The maximum Gasteiger partial charge on any atom is 0.333 e. The van der Waals surface area contributed by atoms with Crippen molar-refractivity contribution in [1.82, 2.24) is 0 Å². The van der Waals surface area contributed by atoms with Crippen molar-refractivity contribution >= 4 is 5.97 Å². The average Bonchev–Trinajstić information content (AvgIpc) is 3.34. The lowest BCUT2D eigenvalue weighted by molar-refractivity contribution is -0.139. The minimum Gasteiger partial charge on any atom is -0.459 e. The van der Waals surface area contributed by atoms with Crippen molar-refractivity contribution in [2.75, 3.05) is 33.0 Å². The zero-order valence-corrected chi connectivity index (χ0v) is 14.3. The number of epoxide rings is 1. The SMILES string of the molecule is C/C(=C\CCCCCCO)C(=O)OCC1CO1.CCOCC. The number of hydrogen-bond donors (Lipinski definition) is 1. The highest BCUT2D eigenvalue weighted by atomic mass is 16.6. The van der Waals surface area contributed by atoms with Gasteiger partial charge in [0.1, 0.15) is 12.7 Å². The van der Waals surface area contributed by atoms with Gasteiger partial charge in [-0.2, -0.15) is 0 Å². The second-order valence-electron chi connectivity index (χ2n) is 5.15. The number of ether oxygens (including phenoxy) is 3. The predicted octanol–water partition coefficient (Wildman–Crippen LogP) is 2.86. The topological polar surface area (TPSA) is 68.3 Å². The number of rotatable bonds is 11. The zero-order chi connectivity index (χ0) is 16.6. The molecule has 0 radical (unpaired) electrons. The Morgan fingerprint density at radius 3 is 2.36 bits per heavy atom. The fraction of sp³-hybridized carbons (Fsp3) is 0.824. The van der Waals surface area contributed by atoms with Crippen LogP contribution in [0, 0.1) is 0 Å². The first-order chi connectivity index (χ1) is 10.7. The third-order valence-electron chi connectivity index (χ3n) is 3.10. The van der Waals surface area contributed by atoms with Gasteiger partial charge in [-0.25, -0.2) is 4.79 Å². The standard InChI is InChI=1S/C13H22O4.C4H10O/c1-11(7-5-3-2-4-6-8-14)13(15)17-10-12-9-16-12;1-3-5-4-2/h7,12,14H,2-6,8-10H2,1H3;3-4H2,1-2H3/b11-7+;. The first-order valence-corrected chi connectivity index (χ1v) is 8.29. The van der Waals surface area contributed by atoms with Gasteiger partial charge in [0.2, 0.25) is 0 Å². The summed E-state index contributed by atoms with van der Waals surface area (Å²) in [4.78, 5) is 11.5. The Bertz CT molecular complexity index is 295. The third kappa shape index (κ3) is 14.0. The van der Waals surface area contributed by atoms with Crippen LogP contribution in [0.5, 0.6) is 0 Å². The molecule has 1 fully saturated rings. The lowest BCUT2D eigenvalue weighted by Gasteiger charge is -2.02. The van der Waals surface area contributed by atoms with Crippen molar-refractivity contribution in [3.63, 3.8) is 0 Å². The molecule has 1 aliphatic rings. The van der Waals surface area contributed by atoms with Crippen LogP contribution in [0.3, 0.4) is 0 Å². The van der Waals surface area contributed by atoms with E-state index in [1.54, 1.807) is 6.92 Å². The maximum atomic E-state index is 11.5. The molecule has 0 aliphatic carbocycles.